The molecule has 3 heteroatoms. The molecule has 17 heavy (non-hydrogen) atoms. The summed E-state index contributed by atoms with van der Waals surface area (Å²) < 4.78 is 0. The largest absolute Gasteiger partial charge is 0.352 e. The van der Waals surface area contributed by atoms with Gasteiger partial charge in [-0.2, -0.15) is 0 Å². The van der Waals surface area contributed by atoms with E-state index in [0.717, 1.165) is 17.7 Å². The highest BCUT2D eigenvalue weighted by molar-refractivity contribution is 5.76. The van der Waals surface area contributed by atoms with E-state index in [2.05, 4.69) is 17.2 Å². The smallest absolute Gasteiger partial charge is 0.221 e. The van der Waals surface area contributed by atoms with E-state index >= 15 is 0 Å². The predicted octanol–water partition coefficient (Wildman–Crippen LogP) is 1.86. The van der Waals surface area contributed by atoms with E-state index in [1.807, 2.05) is 37.3 Å². The Morgan fingerprint density at radius 1 is 1.29 bits per heavy atom. The third-order valence-electron chi connectivity index (χ3n) is 2.29. The first-order chi connectivity index (χ1) is 8.18. The monoisotopic (exact) mass is 232 g/mol. The van der Waals surface area contributed by atoms with Crippen molar-refractivity contribution in [3.8, 4) is 0 Å². The second-order valence-corrected chi connectivity index (χ2v) is 4.15. The summed E-state index contributed by atoms with van der Waals surface area (Å²) in [6.07, 6.45) is 0.500. The zero-order valence-corrected chi connectivity index (χ0v) is 10.3. The fraction of sp³-hybridized carbons (Fsp3) is 0.357. The van der Waals surface area contributed by atoms with Crippen LogP contribution >= 0.6 is 0 Å². The van der Waals surface area contributed by atoms with Gasteiger partial charge in [-0.25, -0.2) is 0 Å². The van der Waals surface area contributed by atoms with Gasteiger partial charge in [0, 0.05) is 26.1 Å². The topological polar surface area (TPSA) is 41.1 Å². The Kier molecular flexibility index (Phi) is 6.04. The van der Waals surface area contributed by atoms with Crippen molar-refractivity contribution in [1.29, 1.82) is 0 Å². The predicted molar refractivity (Wildman–Crippen MR) is 70.6 cm³/mol. The summed E-state index contributed by atoms with van der Waals surface area (Å²) in [6, 6.07) is 9.90. The molecule has 0 aliphatic carbocycles. The highest BCUT2D eigenvalue weighted by Crippen LogP contribution is 1.97. The van der Waals surface area contributed by atoms with E-state index in [1.165, 1.54) is 0 Å². The molecule has 0 saturated heterocycles. The molecule has 0 atom stereocenters. The van der Waals surface area contributed by atoms with Gasteiger partial charge in [0.2, 0.25) is 5.91 Å². The molecule has 0 aliphatic heterocycles. The number of benzene rings is 1. The maximum Gasteiger partial charge on any atom is 0.221 e. The maximum absolute atomic E-state index is 11.5. The molecular formula is C14H20N2O. The molecule has 0 saturated carbocycles. The van der Waals surface area contributed by atoms with Gasteiger partial charge in [0.1, 0.15) is 0 Å². The zero-order valence-electron chi connectivity index (χ0n) is 10.3. The Labute approximate surface area is 103 Å². The van der Waals surface area contributed by atoms with Crippen LogP contribution < -0.4 is 10.6 Å². The van der Waals surface area contributed by atoms with Gasteiger partial charge in [-0.3, -0.25) is 4.79 Å². The minimum Gasteiger partial charge on any atom is -0.352 e. The van der Waals surface area contributed by atoms with Crippen molar-refractivity contribution < 1.29 is 4.79 Å². The summed E-state index contributed by atoms with van der Waals surface area (Å²) in [5, 5.41) is 6.04. The molecule has 1 amide bonds. The van der Waals surface area contributed by atoms with Crippen LogP contribution in [0.15, 0.2) is 42.5 Å². The average Bonchev–Trinajstić information content (AvgIpc) is 2.33. The van der Waals surface area contributed by atoms with Crippen LogP contribution in [0.5, 0.6) is 0 Å². The van der Waals surface area contributed by atoms with Crippen molar-refractivity contribution in [1.82, 2.24) is 10.6 Å². The number of carbonyl (C=O) groups excluding carboxylic acids is 1. The van der Waals surface area contributed by atoms with Gasteiger partial charge < -0.3 is 10.6 Å². The average molecular weight is 232 g/mol. The third kappa shape index (κ3) is 6.53. The normalized spacial score (nSPS) is 9.94. The molecule has 3 nitrogen and oxygen atoms in total. The lowest BCUT2D eigenvalue weighted by Gasteiger charge is -2.06. The van der Waals surface area contributed by atoms with Crippen molar-refractivity contribution in [2.24, 2.45) is 0 Å². The maximum atomic E-state index is 11.5. The molecular weight excluding hydrogens is 212 g/mol. The van der Waals surface area contributed by atoms with Gasteiger partial charge >= 0.3 is 0 Å². The molecule has 1 aromatic carbocycles. The summed E-state index contributed by atoms with van der Waals surface area (Å²) in [5.41, 5.74) is 2.20. The lowest BCUT2D eigenvalue weighted by molar-refractivity contribution is -0.121. The number of hydrogen-bond acceptors (Lipinski definition) is 2. The molecule has 2 N–H and O–H groups in total. The van der Waals surface area contributed by atoms with Crippen molar-refractivity contribution >= 4 is 5.91 Å². The summed E-state index contributed by atoms with van der Waals surface area (Å²) in [4.78, 5) is 11.5. The molecule has 0 radical (unpaired) electrons. The number of rotatable bonds is 7. The highest BCUT2D eigenvalue weighted by Gasteiger charge is 2.00. The third-order valence-corrected chi connectivity index (χ3v) is 2.29. The Morgan fingerprint density at radius 3 is 2.65 bits per heavy atom. The van der Waals surface area contributed by atoms with Crippen molar-refractivity contribution in [2.45, 2.75) is 19.9 Å². The van der Waals surface area contributed by atoms with Crippen LogP contribution in [0.3, 0.4) is 0 Å². The molecule has 0 aromatic heterocycles. The highest BCUT2D eigenvalue weighted by atomic mass is 16.1. The molecule has 92 valence electrons. The second kappa shape index (κ2) is 7.63. The molecule has 0 bridgehead atoms. The zero-order chi connectivity index (χ0) is 12.5. The molecule has 1 rings (SSSR count). The fourth-order valence-corrected chi connectivity index (χ4v) is 1.39. The Hall–Kier alpha value is -1.61. The standard InChI is InChI=1S/C14H20N2O/c1-12(2)10-15-9-8-14(17)16-11-13-6-4-3-5-7-13/h3-7,15H,1,8-11H2,2H3,(H,16,17). The van der Waals surface area contributed by atoms with Gasteiger partial charge in [0.05, 0.1) is 0 Å². The minimum atomic E-state index is 0.0723. The van der Waals surface area contributed by atoms with Gasteiger partial charge in [-0.15, -0.1) is 0 Å². The molecule has 0 heterocycles. The van der Waals surface area contributed by atoms with Crippen molar-refractivity contribution in [3.05, 3.63) is 48.0 Å². The van der Waals surface area contributed by atoms with E-state index in [0.29, 0.717) is 19.5 Å². The van der Waals surface area contributed by atoms with Crippen LogP contribution in [-0.4, -0.2) is 19.0 Å². The number of hydrogen-bond donors (Lipinski definition) is 2. The van der Waals surface area contributed by atoms with Crippen LogP contribution in [0.1, 0.15) is 18.9 Å². The van der Waals surface area contributed by atoms with Gasteiger partial charge in [0.15, 0.2) is 0 Å². The number of amides is 1. The van der Waals surface area contributed by atoms with E-state index in [9.17, 15) is 4.79 Å². The van der Waals surface area contributed by atoms with Gasteiger partial charge in [-0.1, -0.05) is 42.5 Å². The lowest BCUT2D eigenvalue weighted by atomic mass is 10.2. The number of carbonyl (C=O) groups is 1. The van der Waals surface area contributed by atoms with Gasteiger partial charge in [-0.05, 0) is 12.5 Å². The van der Waals surface area contributed by atoms with E-state index in [4.69, 9.17) is 0 Å². The first kappa shape index (κ1) is 13.5. The summed E-state index contributed by atoms with van der Waals surface area (Å²) in [6.45, 7) is 7.80. The van der Waals surface area contributed by atoms with Crippen molar-refractivity contribution in [3.63, 3.8) is 0 Å². The number of nitrogens with one attached hydrogen (secondary N) is 2. The summed E-state index contributed by atoms with van der Waals surface area (Å²) >= 11 is 0. The van der Waals surface area contributed by atoms with E-state index < -0.39 is 0 Å². The van der Waals surface area contributed by atoms with E-state index in [-0.39, 0.29) is 5.91 Å². The van der Waals surface area contributed by atoms with Gasteiger partial charge in [0.25, 0.3) is 0 Å². The Morgan fingerprint density at radius 2 is 2.00 bits per heavy atom. The van der Waals surface area contributed by atoms with Crippen LogP contribution in [0, 0.1) is 0 Å². The first-order valence-electron chi connectivity index (χ1n) is 5.84. The quantitative estimate of drug-likeness (QED) is 0.556. The van der Waals surface area contributed by atoms with Crippen molar-refractivity contribution in [2.75, 3.05) is 13.1 Å². The van der Waals surface area contributed by atoms with E-state index in [1.54, 1.807) is 0 Å². The second-order valence-electron chi connectivity index (χ2n) is 4.15. The summed E-state index contributed by atoms with van der Waals surface area (Å²) in [7, 11) is 0. The molecule has 0 spiro atoms. The minimum absolute atomic E-state index is 0.0723. The fourth-order valence-electron chi connectivity index (χ4n) is 1.39. The summed E-state index contributed by atoms with van der Waals surface area (Å²) in [5.74, 6) is 0.0723. The SMILES string of the molecule is C=C(C)CNCCC(=O)NCc1ccccc1. The van der Waals surface area contributed by atoms with Crippen LogP contribution in [0.25, 0.3) is 0 Å². The Balaban J connectivity index is 2.11. The molecule has 0 unspecified atom stereocenters. The first-order valence-corrected chi connectivity index (χ1v) is 5.84. The van der Waals surface area contributed by atoms with Crippen LogP contribution in [0.4, 0.5) is 0 Å². The Bertz CT molecular complexity index is 360. The lowest BCUT2D eigenvalue weighted by Crippen LogP contribution is -2.27. The molecule has 0 aliphatic rings. The van der Waals surface area contributed by atoms with Crippen LogP contribution in [-0.2, 0) is 11.3 Å². The molecule has 0 fully saturated rings. The molecule has 1 aromatic rings. The van der Waals surface area contributed by atoms with Crippen LogP contribution in [0.2, 0.25) is 0 Å².